The van der Waals surface area contributed by atoms with Crippen LogP contribution in [0.2, 0.25) is 5.15 Å². The van der Waals surface area contributed by atoms with Gasteiger partial charge in [0.15, 0.2) is 0 Å². The van der Waals surface area contributed by atoms with Gasteiger partial charge in [0.25, 0.3) is 0 Å². The predicted octanol–water partition coefficient (Wildman–Crippen LogP) is 3.07. The van der Waals surface area contributed by atoms with Gasteiger partial charge in [-0.15, -0.1) is 6.58 Å². The van der Waals surface area contributed by atoms with Crippen LogP contribution in [0.1, 0.15) is 25.3 Å². The van der Waals surface area contributed by atoms with E-state index in [1.807, 2.05) is 6.08 Å². The van der Waals surface area contributed by atoms with Crippen molar-refractivity contribution in [3.05, 3.63) is 29.7 Å². The van der Waals surface area contributed by atoms with Crippen molar-refractivity contribution in [3.8, 4) is 0 Å². The molecule has 0 saturated carbocycles. The van der Waals surface area contributed by atoms with Crippen molar-refractivity contribution in [2.75, 3.05) is 11.9 Å². The lowest BCUT2D eigenvalue weighted by molar-refractivity contribution is 0.896. The molecule has 0 aliphatic rings. The molecule has 1 rings (SSSR count). The molecule has 1 N–H and O–H groups in total. The van der Waals surface area contributed by atoms with E-state index < -0.39 is 0 Å². The van der Waals surface area contributed by atoms with Crippen LogP contribution in [0.4, 0.5) is 5.82 Å². The highest BCUT2D eigenvalue weighted by atomic mass is 35.5. The Morgan fingerprint density at radius 2 is 2.33 bits per heavy atom. The van der Waals surface area contributed by atoms with Crippen LogP contribution in [0, 0.1) is 0 Å². The van der Waals surface area contributed by atoms with Crippen LogP contribution < -0.4 is 5.32 Å². The molecule has 4 heteroatoms. The smallest absolute Gasteiger partial charge is 0.137 e. The van der Waals surface area contributed by atoms with Crippen LogP contribution in [0.15, 0.2) is 19.0 Å². The van der Waals surface area contributed by atoms with E-state index in [-0.39, 0.29) is 0 Å². The molecular weight excluding hydrogens is 210 g/mol. The molecule has 0 saturated heterocycles. The van der Waals surface area contributed by atoms with Crippen LogP contribution in [-0.4, -0.2) is 16.5 Å². The van der Waals surface area contributed by atoms with Gasteiger partial charge in [-0.2, -0.15) is 0 Å². The zero-order valence-electron chi connectivity index (χ0n) is 8.96. The van der Waals surface area contributed by atoms with Gasteiger partial charge in [0.2, 0.25) is 0 Å². The second-order valence-electron chi connectivity index (χ2n) is 3.25. The fourth-order valence-electron chi connectivity index (χ4n) is 1.31. The van der Waals surface area contributed by atoms with Crippen LogP contribution in [0.25, 0.3) is 0 Å². The molecule has 0 unspecified atom stereocenters. The Hall–Kier alpha value is -1.09. The first-order valence-electron chi connectivity index (χ1n) is 5.13. The SMILES string of the molecule is C=CCCNc1ncnc(Cl)c1CCC. The van der Waals surface area contributed by atoms with Crippen LogP contribution in [0.5, 0.6) is 0 Å². The quantitative estimate of drug-likeness (QED) is 0.459. The van der Waals surface area contributed by atoms with Crippen molar-refractivity contribution in [3.63, 3.8) is 0 Å². The molecule has 0 amide bonds. The van der Waals surface area contributed by atoms with Crippen molar-refractivity contribution in [1.82, 2.24) is 9.97 Å². The number of anilines is 1. The summed E-state index contributed by atoms with van der Waals surface area (Å²) < 4.78 is 0. The average molecular weight is 226 g/mol. The molecular formula is C11H16ClN3. The zero-order valence-corrected chi connectivity index (χ0v) is 9.72. The number of halogens is 1. The predicted molar refractivity (Wildman–Crippen MR) is 64.3 cm³/mol. The van der Waals surface area contributed by atoms with Crippen LogP contribution in [-0.2, 0) is 6.42 Å². The Labute approximate surface area is 95.6 Å². The maximum absolute atomic E-state index is 6.01. The van der Waals surface area contributed by atoms with E-state index in [0.717, 1.165) is 37.2 Å². The molecule has 0 aliphatic carbocycles. The lowest BCUT2D eigenvalue weighted by Crippen LogP contribution is -2.06. The zero-order chi connectivity index (χ0) is 11.1. The Kier molecular flexibility index (Phi) is 5.12. The molecule has 3 nitrogen and oxygen atoms in total. The maximum atomic E-state index is 6.01. The molecule has 15 heavy (non-hydrogen) atoms. The molecule has 0 aromatic carbocycles. The van der Waals surface area contributed by atoms with Gasteiger partial charge in [-0.25, -0.2) is 9.97 Å². The Bertz CT molecular complexity index is 326. The molecule has 0 fully saturated rings. The summed E-state index contributed by atoms with van der Waals surface area (Å²) >= 11 is 6.01. The number of hydrogen-bond acceptors (Lipinski definition) is 3. The highest BCUT2D eigenvalue weighted by molar-refractivity contribution is 6.30. The fraction of sp³-hybridized carbons (Fsp3) is 0.455. The summed E-state index contributed by atoms with van der Waals surface area (Å²) in [5.41, 5.74) is 1.01. The first kappa shape index (κ1) is 12.0. The summed E-state index contributed by atoms with van der Waals surface area (Å²) in [6.07, 6.45) is 6.19. The highest BCUT2D eigenvalue weighted by Crippen LogP contribution is 2.21. The average Bonchev–Trinajstić information content (AvgIpc) is 2.23. The lowest BCUT2D eigenvalue weighted by Gasteiger charge is -2.10. The third-order valence-electron chi connectivity index (χ3n) is 2.03. The van der Waals surface area contributed by atoms with Crippen LogP contribution >= 0.6 is 11.6 Å². The van der Waals surface area contributed by atoms with Gasteiger partial charge >= 0.3 is 0 Å². The van der Waals surface area contributed by atoms with E-state index in [2.05, 4.69) is 28.8 Å². The molecule has 1 aromatic heterocycles. The van der Waals surface area contributed by atoms with E-state index in [4.69, 9.17) is 11.6 Å². The van der Waals surface area contributed by atoms with E-state index in [0.29, 0.717) is 5.15 Å². The molecule has 0 spiro atoms. The number of aromatic nitrogens is 2. The molecule has 0 aliphatic heterocycles. The van der Waals surface area contributed by atoms with E-state index >= 15 is 0 Å². The Balaban J connectivity index is 2.75. The summed E-state index contributed by atoms with van der Waals surface area (Å²) in [4.78, 5) is 8.17. The lowest BCUT2D eigenvalue weighted by atomic mass is 10.2. The minimum Gasteiger partial charge on any atom is -0.369 e. The summed E-state index contributed by atoms with van der Waals surface area (Å²) in [5, 5.41) is 3.78. The van der Waals surface area contributed by atoms with Crippen molar-refractivity contribution in [2.24, 2.45) is 0 Å². The molecule has 1 aromatic rings. The molecule has 0 radical (unpaired) electrons. The monoisotopic (exact) mass is 225 g/mol. The largest absolute Gasteiger partial charge is 0.369 e. The van der Waals surface area contributed by atoms with Gasteiger partial charge in [-0.3, -0.25) is 0 Å². The number of nitrogens with zero attached hydrogens (tertiary/aromatic N) is 2. The van der Waals surface area contributed by atoms with Crippen LogP contribution in [0.3, 0.4) is 0 Å². The molecule has 0 atom stereocenters. The fourth-order valence-corrected chi connectivity index (χ4v) is 1.53. The van der Waals surface area contributed by atoms with Crippen molar-refractivity contribution >= 4 is 17.4 Å². The van der Waals surface area contributed by atoms with Gasteiger partial charge in [0.05, 0.1) is 0 Å². The van der Waals surface area contributed by atoms with Crippen molar-refractivity contribution in [2.45, 2.75) is 26.2 Å². The minimum absolute atomic E-state index is 0.549. The molecule has 82 valence electrons. The Morgan fingerprint density at radius 3 is 3.00 bits per heavy atom. The molecule has 0 bridgehead atoms. The van der Waals surface area contributed by atoms with Gasteiger partial charge in [-0.05, 0) is 12.8 Å². The van der Waals surface area contributed by atoms with Crippen molar-refractivity contribution < 1.29 is 0 Å². The normalized spacial score (nSPS) is 10.0. The summed E-state index contributed by atoms with van der Waals surface area (Å²) in [6, 6.07) is 0. The van der Waals surface area contributed by atoms with Gasteiger partial charge in [0.1, 0.15) is 17.3 Å². The summed E-state index contributed by atoms with van der Waals surface area (Å²) in [7, 11) is 0. The van der Waals surface area contributed by atoms with Gasteiger partial charge < -0.3 is 5.32 Å². The second-order valence-corrected chi connectivity index (χ2v) is 3.60. The van der Waals surface area contributed by atoms with E-state index in [1.165, 1.54) is 6.33 Å². The van der Waals surface area contributed by atoms with E-state index in [9.17, 15) is 0 Å². The Morgan fingerprint density at radius 1 is 1.53 bits per heavy atom. The topological polar surface area (TPSA) is 37.8 Å². The van der Waals surface area contributed by atoms with Gasteiger partial charge in [0, 0.05) is 12.1 Å². The third kappa shape index (κ3) is 3.51. The summed E-state index contributed by atoms with van der Waals surface area (Å²) in [5.74, 6) is 0.846. The molecule has 1 heterocycles. The number of nitrogens with one attached hydrogen (secondary N) is 1. The number of rotatable bonds is 6. The minimum atomic E-state index is 0.549. The van der Waals surface area contributed by atoms with E-state index in [1.54, 1.807) is 0 Å². The highest BCUT2D eigenvalue weighted by Gasteiger charge is 2.07. The third-order valence-corrected chi connectivity index (χ3v) is 2.36. The second kappa shape index (κ2) is 6.40. The first-order chi connectivity index (χ1) is 7.29. The maximum Gasteiger partial charge on any atom is 0.137 e. The summed E-state index contributed by atoms with van der Waals surface area (Å²) in [6.45, 7) is 6.60. The standard InChI is InChI=1S/C11H16ClN3/c1-3-5-7-13-11-9(6-4-2)10(12)14-8-15-11/h3,8H,1,4-7H2,2H3,(H,13,14,15). The number of hydrogen-bond donors (Lipinski definition) is 1. The first-order valence-corrected chi connectivity index (χ1v) is 5.51. The van der Waals surface area contributed by atoms with Crippen molar-refractivity contribution in [1.29, 1.82) is 0 Å². The van der Waals surface area contributed by atoms with Gasteiger partial charge in [-0.1, -0.05) is 31.0 Å².